The van der Waals surface area contributed by atoms with Gasteiger partial charge in [-0.15, -0.1) is 10.2 Å². The Balaban J connectivity index is 1.68. The molecule has 0 spiro atoms. The topological polar surface area (TPSA) is 97.5 Å². The van der Waals surface area contributed by atoms with E-state index in [0.717, 1.165) is 23.9 Å². The van der Waals surface area contributed by atoms with Gasteiger partial charge in [-0.05, 0) is 13.0 Å². The first-order valence-corrected chi connectivity index (χ1v) is 8.67. The number of hydrogen-bond donors (Lipinski definition) is 1. The van der Waals surface area contributed by atoms with Crippen molar-refractivity contribution in [2.24, 2.45) is 0 Å². The molecule has 3 aromatic rings. The van der Waals surface area contributed by atoms with Crippen LogP contribution >= 0.6 is 0 Å². The maximum Gasteiger partial charge on any atom is 0.274 e. The first-order chi connectivity index (χ1) is 12.5. The average molecular weight is 356 g/mol. The van der Waals surface area contributed by atoms with Gasteiger partial charge in [0.1, 0.15) is 17.8 Å². The highest BCUT2D eigenvalue weighted by molar-refractivity contribution is 5.92. The van der Waals surface area contributed by atoms with E-state index >= 15 is 0 Å². The molecule has 0 bridgehead atoms. The first kappa shape index (κ1) is 17.8. The zero-order valence-electron chi connectivity index (χ0n) is 15.5. The molecule has 0 fully saturated rings. The van der Waals surface area contributed by atoms with Crippen LogP contribution in [0.25, 0.3) is 0 Å². The van der Waals surface area contributed by atoms with Crippen LogP contribution in [-0.4, -0.2) is 52.4 Å². The van der Waals surface area contributed by atoms with Gasteiger partial charge >= 0.3 is 0 Å². The number of nitrogens with zero attached hydrogens (tertiary/aromatic N) is 7. The fourth-order valence-corrected chi connectivity index (χ4v) is 2.84. The maximum atomic E-state index is 12.6. The van der Waals surface area contributed by atoms with Gasteiger partial charge in [-0.2, -0.15) is 5.10 Å². The maximum absolute atomic E-state index is 12.6. The summed E-state index contributed by atoms with van der Waals surface area (Å²) in [7, 11) is 1.73. The molecule has 0 atom stereocenters. The summed E-state index contributed by atoms with van der Waals surface area (Å²) in [6.45, 7) is 7.96. The quantitative estimate of drug-likeness (QED) is 0.694. The molecule has 0 aliphatic heterocycles. The molecule has 0 aromatic carbocycles. The second-order valence-electron chi connectivity index (χ2n) is 6.54. The molecule has 0 aliphatic rings. The van der Waals surface area contributed by atoms with E-state index in [1.54, 1.807) is 30.5 Å². The number of carbonyl (C=O) groups excluding carboxylic acids is 1. The SMILES string of the molecule is CCn1cnnc1CN(C)C(=O)c1cc(Cn2ccnc2C(C)C)[nH]n1. The molecule has 0 aliphatic carbocycles. The van der Waals surface area contributed by atoms with Crippen molar-refractivity contribution in [2.75, 3.05) is 7.05 Å². The number of imidazole rings is 1. The van der Waals surface area contributed by atoms with E-state index in [4.69, 9.17) is 0 Å². The predicted octanol–water partition coefficient (Wildman–Crippen LogP) is 1.66. The van der Waals surface area contributed by atoms with E-state index in [-0.39, 0.29) is 5.91 Å². The Hall–Kier alpha value is -2.97. The average Bonchev–Trinajstić information content (AvgIpc) is 3.34. The largest absolute Gasteiger partial charge is 0.333 e. The smallest absolute Gasteiger partial charge is 0.274 e. The van der Waals surface area contributed by atoms with Gasteiger partial charge < -0.3 is 14.0 Å². The summed E-state index contributed by atoms with van der Waals surface area (Å²) >= 11 is 0. The summed E-state index contributed by atoms with van der Waals surface area (Å²) in [5, 5.41) is 15.1. The highest BCUT2D eigenvalue weighted by atomic mass is 16.2. The minimum atomic E-state index is -0.159. The van der Waals surface area contributed by atoms with E-state index in [1.807, 2.05) is 17.7 Å². The van der Waals surface area contributed by atoms with E-state index in [2.05, 4.69) is 43.8 Å². The molecule has 26 heavy (non-hydrogen) atoms. The molecule has 9 nitrogen and oxygen atoms in total. The Morgan fingerprint density at radius 1 is 1.35 bits per heavy atom. The summed E-state index contributed by atoms with van der Waals surface area (Å²) in [5.74, 6) is 1.92. The first-order valence-electron chi connectivity index (χ1n) is 8.67. The van der Waals surface area contributed by atoms with Crippen molar-refractivity contribution in [1.29, 1.82) is 0 Å². The van der Waals surface area contributed by atoms with Crippen molar-refractivity contribution in [2.45, 2.75) is 46.3 Å². The number of hydrogen-bond acceptors (Lipinski definition) is 5. The lowest BCUT2D eigenvalue weighted by atomic mass is 10.2. The molecule has 3 rings (SSSR count). The lowest BCUT2D eigenvalue weighted by Crippen LogP contribution is -2.28. The standard InChI is InChI=1S/C17H24N8O/c1-5-24-11-19-22-15(24)10-23(4)17(26)14-8-13(20-21-14)9-25-7-6-18-16(25)12(2)3/h6-8,11-12H,5,9-10H2,1-4H3,(H,20,21). The monoisotopic (exact) mass is 356 g/mol. The number of carbonyl (C=O) groups is 1. The van der Waals surface area contributed by atoms with Crippen LogP contribution in [0.15, 0.2) is 24.8 Å². The van der Waals surface area contributed by atoms with Crippen molar-refractivity contribution in [1.82, 2.24) is 39.4 Å². The third-order valence-electron chi connectivity index (χ3n) is 4.22. The van der Waals surface area contributed by atoms with E-state index in [0.29, 0.717) is 24.7 Å². The zero-order chi connectivity index (χ0) is 18.7. The third kappa shape index (κ3) is 3.66. The fraction of sp³-hybridized carbons (Fsp3) is 0.471. The Kier molecular flexibility index (Phi) is 5.15. The van der Waals surface area contributed by atoms with Gasteiger partial charge in [0, 0.05) is 31.9 Å². The molecule has 3 heterocycles. The number of aromatic nitrogens is 7. The molecule has 9 heteroatoms. The zero-order valence-corrected chi connectivity index (χ0v) is 15.5. The van der Waals surface area contributed by atoms with Crippen LogP contribution < -0.4 is 0 Å². The van der Waals surface area contributed by atoms with Gasteiger partial charge in [0.15, 0.2) is 5.82 Å². The molecular formula is C17H24N8O. The van der Waals surface area contributed by atoms with Crippen LogP contribution in [0.1, 0.15) is 54.5 Å². The molecule has 0 saturated heterocycles. The number of rotatable bonds is 7. The molecule has 0 unspecified atom stereocenters. The second kappa shape index (κ2) is 7.51. The molecular weight excluding hydrogens is 332 g/mol. The van der Waals surface area contributed by atoms with E-state index < -0.39 is 0 Å². The Bertz CT molecular complexity index is 875. The number of aromatic amines is 1. The highest BCUT2D eigenvalue weighted by Gasteiger charge is 2.18. The Morgan fingerprint density at radius 3 is 2.88 bits per heavy atom. The lowest BCUT2D eigenvalue weighted by molar-refractivity contribution is 0.0774. The predicted molar refractivity (Wildman–Crippen MR) is 95.5 cm³/mol. The van der Waals surface area contributed by atoms with E-state index in [9.17, 15) is 4.79 Å². The molecule has 1 amide bonds. The summed E-state index contributed by atoms with van der Waals surface area (Å²) in [4.78, 5) is 18.6. The molecule has 0 radical (unpaired) electrons. The number of aryl methyl sites for hydroxylation is 1. The summed E-state index contributed by atoms with van der Waals surface area (Å²) in [6, 6.07) is 1.79. The van der Waals surface area contributed by atoms with Crippen molar-refractivity contribution in [3.05, 3.63) is 47.8 Å². The van der Waals surface area contributed by atoms with Gasteiger partial charge in [-0.3, -0.25) is 9.89 Å². The van der Waals surface area contributed by atoms with Gasteiger partial charge in [0.2, 0.25) is 0 Å². The van der Waals surface area contributed by atoms with Crippen LogP contribution in [0.5, 0.6) is 0 Å². The minimum Gasteiger partial charge on any atom is -0.333 e. The van der Waals surface area contributed by atoms with Crippen LogP contribution in [0, 0.1) is 0 Å². The molecule has 138 valence electrons. The second-order valence-corrected chi connectivity index (χ2v) is 6.54. The van der Waals surface area contributed by atoms with E-state index in [1.165, 1.54) is 0 Å². The molecule has 3 aromatic heterocycles. The fourth-order valence-electron chi connectivity index (χ4n) is 2.84. The Labute approximate surface area is 152 Å². The minimum absolute atomic E-state index is 0.159. The highest BCUT2D eigenvalue weighted by Crippen LogP contribution is 2.14. The van der Waals surface area contributed by atoms with Gasteiger partial charge in [-0.25, -0.2) is 4.98 Å². The Morgan fingerprint density at radius 2 is 2.15 bits per heavy atom. The summed E-state index contributed by atoms with van der Waals surface area (Å²) < 4.78 is 3.96. The van der Waals surface area contributed by atoms with Crippen LogP contribution in [0.4, 0.5) is 0 Å². The lowest BCUT2D eigenvalue weighted by Gasteiger charge is -2.15. The van der Waals surface area contributed by atoms with Crippen LogP contribution in [0.3, 0.4) is 0 Å². The third-order valence-corrected chi connectivity index (χ3v) is 4.22. The van der Waals surface area contributed by atoms with Crippen LogP contribution in [-0.2, 0) is 19.6 Å². The van der Waals surface area contributed by atoms with Crippen molar-refractivity contribution in [3.8, 4) is 0 Å². The van der Waals surface area contributed by atoms with Gasteiger partial charge in [-0.1, -0.05) is 13.8 Å². The number of amides is 1. The summed E-state index contributed by atoms with van der Waals surface area (Å²) in [5.41, 5.74) is 1.25. The number of nitrogens with one attached hydrogen (secondary N) is 1. The molecule has 0 saturated carbocycles. The van der Waals surface area contributed by atoms with Crippen molar-refractivity contribution < 1.29 is 4.79 Å². The van der Waals surface area contributed by atoms with Crippen LogP contribution in [0.2, 0.25) is 0 Å². The van der Waals surface area contributed by atoms with Crippen molar-refractivity contribution >= 4 is 5.91 Å². The van der Waals surface area contributed by atoms with Gasteiger partial charge in [0.05, 0.1) is 18.8 Å². The summed E-state index contributed by atoms with van der Waals surface area (Å²) in [6.07, 6.45) is 5.38. The molecule has 1 N–H and O–H groups in total. The van der Waals surface area contributed by atoms with Crippen molar-refractivity contribution in [3.63, 3.8) is 0 Å². The van der Waals surface area contributed by atoms with Gasteiger partial charge in [0.25, 0.3) is 5.91 Å². The normalized spacial score (nSPS) is 11.3. The number of H-pyrrole nitrogens is 1.